The molecule has 0 radical (unpaired) electrons. The minimum absolute atomic E-state index is 0.276. The number of aldehydes is 1. The number of benzene rings is 1. The molecule has 0 unspecified atom stereocenters. The maximum absolute atomic E-state index is 10.8. The molecule has 0 saturated heterocycles. The highest BCUT2D eigenvalue weighted by molar-refractivity contribution is 6.48. The Morgan fingerprint density at radius 3 is 2.32 bits per heavy atom. The minimum atomic E-state index is 0.276. The van der Waals surface area contributed by atoms with Crippen molar-refractivity contribution in [3.8, 4) is 17.0 Å². The Morgan fingerprint density at radius 1 is 1.16 bits per heavy atom. The molecule has 0 N–H and O–H groups in total. The first kappa shape index (κ1) is 14.1. The Bertz CT molecular complexity index is 621. The molecule has 0 spiro atoms. The van der Waals surface area contributed by atoms with E-state index in [0.717, 1.165) is 0 Å². The Hall–Kier alpha value is -1.29. The van der Waals surface area contributed by atoms with Crippen LogP contribution in [0.1, 0.15) is 10.5 Å². The first-order valence-corrected chi connectivity index (χ1v) is 6.35. The molecular weight excluding hydrogens is 309 g/mol. The van der Waals surface area contributed by atoms with E-state index < -0.39 is 0 Å². The number of nitrogens with zero attached hydrogens (tertiary/aromatic N) is 1. The van der Waals surface area contributed by atoms with E-state index in [4.69, 9.17) is 39.5 Å². The van der Waals surface area contributed by atoms with Crippen LogP contribution in [0.15, 0.2) is 24.3 Å². The van der Waals surface area contributed by atoms with Gasteiger partial charge >= 0.3 is 0 Å². The van der Waals surface area contributed by atoms with Crippen LogP contribution in [-0.4, -0.2) is 18.4 Å². The molecule has 1 heterocycles. The van der Waals surface area contributed by atoms with E-state index in [1.165, 1.54) is 7.11 Å². The van der Waals surface area contributed by atoms with E-state index in [-0.39, 0.29) is 10.7 Å². The largest absolute Gasteiger partial charge is 0.494 e. The predicted octanol–water partition coefficient (Wildman–Crippen LogP) is 4.53. The van der Waals surface area contributed by atoms with Gasteiger partial charge in [0, 0.05) is 5.56 Å². The Labute approximate surface area is 125 Å². The number of methoxy groups -OCH3 is 1. The number of hydrogen-bond donors (Lipinski definition) is 0. The lowest BCUT2D eigenvalue weighted by atomic mass is 10.1. The zero-order valence-corrected chi connectivity index (χ0v) is 12.1. The van der Waals surface area contributed by atoms with Crippen LogP contribution < -0.4 is 4.74 Å². The monoisotopic (exact) mass is 315 g/mol. The molecule has 0 atom stereocenters. The second-order valence-corrected chi connectivity index (χ2v) is 4.85. The molecule has 2 rings (SSSR count). The summed E-state index contributed by atoms with van der Waals surface area (Å²) in [6, 6.07) is 6.46. The molecule has 1 aromatic carbocycles. The van der Waals surface area contributed by atoms with Crippen molar-refractivity contribution in [3.05, 3.63) is 45.0 Å². The molecule has 19 heavy (non-hydrogen) atoms. The normalized spacial score (nSPS) is 10.3. The van der Waals surface area contributed by atoms with Crippen LogP contribution in [0.25, 0.3) is 11.3 Å². The summed E-state index contributed by atoms with van der Waals surface area (Å²) in [6.45, 7) is 0. The summed E-state index contributed by atoms with van der Waals surface area (Å²) in [6.07, 6.45) is 0.655. The summed E-state index contributed by atoms with van der Waals surface area (Å²) in [4.78, 5) is 15.0. The summed E-state index contributed by atoms with van der Waals surface area (Å²) in [5.74, 6) is 0.514. The lowest BCUT2D eigenvalue weighted by Crippen LogP contribution is -1.95. The van der Waals surface area contributed by atoms with Crippen LogP contribution in [0.5, 0.6) is 5.75 Å². The second-order valence-electron chi connectivity index (χ2n) is 3.66. The van der Waals surface area contributed by atoms with Gasteiger partial charge in [-0.1, -0.05) is 34.8 Å². The van der Waals surface area contributed by atoms with Gasteiger partial charge in [-0.25, -0.2) is 4.98 Å². The standard InChI is InChI=1S/C13H8Cl3NO2/c1-19-11-3-2-8(6-18)17-13(11)7-4-9(14)12(16)10(15)5-7/h2-6H,1H3. The quantitative estimate of drug-likeness (QED) is 0.617. The van der Waals surface area contributed by atoms with E-state index in [2.05, 4.69) is 4.98 Å². The molecule has 2 aromatic rings. The first-order chi connectivity index (χ1) is 9.06. The fourth-order valence-electron chi connectivity index (χ4n) is 1.59. The van der Waals surface area contributed by atoms with Gasteiger partial charge in [0.15, 0.2) is 6.29 Å². The fourth-order valence-corrected chi connectivity index (χ4v) is 2.19. The summed E-state index contributed by atoms with van der Waals surface area (Å²) in [5, 5.41) is 0.895. The molecule has 0 fully saturated rings. The maximum Gasteiger partial charge on any atom is 0.168 e. The minimum Gasteiger partial charge on any atom is -0.494 e. The van der Waals surface area contributed by atoms with E-state index in [0.29, 0.717) is 33.3 Å². The van der Waals surface area contributed by atoms with Crippen molar-refractivity contribution in [2.75, 3.05) is 7.11 Å². The summed E-state index contributed by atoms with van der Waals surface area (Å²) in [5.41, 5.74) is 1.39. The molecule has 0 aliphatic carbocycles. The van der Waals surface area contributed by atoms with E-state index >= 15 is 0 Å². The van der Waals surface area contributed by atoms with Crippen molar-refractivity contribution < 1.29 is 9.53 Å². The molecule has 0 saturated carbocycles. The molecule has 3 nitrogen and oxygen atoms in total. The van der Waals surface area contributed by atoms with Gasteiger partial charge < -0.3 is 4.74 Å². The highest BCUT2D eigenvalue weighted by Crippen LogP contribution is 2.37. The number of aromatic nitrogens is 1. The number of rotatable bonds is 3. The molecule has 1 aromatic heterocycles. The first-order valence-electron chi connectivity index (χ1n) is 5.22. The summed E-state index contributed by atoms with van der Waals surface area (Å²) >= 11 is 17.9. The smallest absolute Gasteiger partial charge is 0.168 e. The third kappa shape index (κ3) is 2.84. The SMILES string of the molecule is COc1ccc(C=O)nc1-c1cc(Cl)c(Cl)c(Cl)c1. The van der Waals surface area contributed by atoms with Gasteiger partial charge in [0.05, 0.1) is 22.2 Å². The number of carbonyl (C=O) groups is 1. The number of carbonyl (C=O) groups excluding carboxylic acids is 1. The summed E-state index contributed by atoms with van der Waals surface area (Å²) in [7, 11) is 1.51. The maximum atomic E-state index is 10.8. The second kappa shape index (κ2) is 5.78. The van der Waals surface area contributed by atoms with Gasteiger partial charge in [0.2, 0.25) is 0 Å². The van der Waals surface area contributed by atoms with Crippen molar-refractivity contribution in [3.63, 3.8) is 0 Å². The molecular formula is C13H8Cl3NO2. The number of ether oxygens (including phenoxy) is 1. The number of halogens is 3. The Morgan fingerprint density at radius 2 is 1.79 bits per heavy atom. The zero-order valence-electron chi connectivity index (χ0n) is 9.78. The van der Waals surface area contributed by atoms with Crippen LogP contribution >= 0.6 is 34.8 Å². The number of hydrogen-bond acceptors (Lipinski definition) is 3. The van der Waals surface area contributed by atoms with Gasteiger partial charge in [0.25, 0.3) is 0 Å². The van der Waals surface area contributed by atoms with Gasteiger partial charge in [0.1, 0.15) is 17.1 Å². The summed E-state index contributed by atoms with van der Waals surface area (Å²) < 4.78 is 5.21. The van der Waals surface area contributed by atoms with Crippen molar-refractivity contribution in [1.82, 2.24) is 4.98 Å². The molecule has 6 heteroatoms. The van der Waals surface area contributed by atoms with Crippen molar-refractivity contribution in [2.24, 2.45) is 0 Å². The van der Waals surface area contributed by atoms with Crippen LogP contribution in [0.2, 0.25) is 15.1 Å². The Kier molecular flexibility index (Phi) is 4.30. The molecule has 0 aliphatic rings. The van der Waals surface area contributed by atoms with Crippen LogP contribution in [-0.2, 0) is 0 Å². The van der Waals surface area contributed by atoms with Crippen LogP contribution in [0.4, 0.5) is 0 Å². The number of pyridine rings is 1. The molecule has 0 bridgehead atoms. The van der Waals surface area contributed by atoms with Gasteiger partial charge in [-0.05, 0) is 24.3 Å². The average molecular weight is 317 g/mol. The lowest BCUT2D eigenvalue weighted by molar-refractivity contribution is 0.111. The van der Waals surface area contributed by atoms with Gasteiger partial charge in [-0.3, -0.25) is 4.79 Å². The van der Waals surface area contributed by atoms with Crippen molar-refractivity contribution in [1.29, 1.82) is 0 Å². The van der Waals surface area contributed by atoms with E-state index in [1.807, 2.05) is 0 Å². The average Bonchev–Trinajstić information content (AvgIpc) is 2.43. The highest BCUT2D eigenvalue weighted by atomic mass is 35.5. The third-order valence-corrected chi connectivity index (χ3v) is 3.67. The Balaban J connectivity index is 2.66. The lowest BCUT2D eigenvalue weighted by Gasteiger charge is -2.10. The zero-order chi connectivity index (χ0) is 14.0. The van der Waals surface area contributed by atoms with Gasteiger partial charge in [-0.15, -0.1) is 0 Å². The van der Waals surface area contributed by atoms with Crippen molar-refractivity contribution >= 4 is 41.1 Å². The molecule has 98 valence electrons. The predicted molar refractivity (Wildman–Crippen MR) is 76.6 cm³/mol. The fraction of sp³-hybridized carbons (Fsp3) is 0.0769. The third-order valence-electron chi connectivity index (χ3n) is 2.48. The van der Waals surface area contributed by atoms with E-state index in [9.17, 15) is 4.79 Å². The molecule has 0 amide bonds. The van der Waals surface area contributed by atoms with E-state index in [1.54, 1.807) is 24.3 Å². The van der Waals surface area contributed by atoms with Gasteiger partial charge in [-0.2, -0.15) is 0 Å². The van der Waals surface area contributed by atoms with Crippen LogP contribution in [0, 0.1) is 0 Å². The molecule has 0 aliphatic heterocycles. The highest BCUT2D eigenvalue weighted by Gasteiger charge is 2.13. The topological polar surface area (TPSA) is 39.2 Å². The van der Waals surface area contributed by atoms with Crippen molar-refractivity contribution in [2.45, 2.75) is 0 Å². The van der Waals surface area contributed by atoms with Crippen LogP contribution in [0.3, 0.4) is 0 Å².